The van der Waals surface area contributed by atoms with Gasteiger partial charge in [-0.15, -0.1) is 0 Å². The molecule has 112 valence electrons. The van der Waals surface area contributed by atoms with Gasteiger partial charge in [-0.3, -0.25) is 0 Å². The second-order valence-electron chi connectivity index (χ2n) is 4.45. The van der Waals surface area contributed by atoms with Crippen molar-refractivity contribution < 1.29 is 17.0 Å². The van der Waals surface area contributed by atoms with Crippen LogP contribution in [-0.4, -0.2) is 8.42 Å². The summed E-state index contributed by atoms with van der Waals surface area (Å²) in [4.78, 5) is 11.1. The van der Waals surface area contributed by atoms with Crippen molar-refractivity contribution in [2.45, 2.75) is 4.90 Å². The molecule has 0 radical (unpaired) electrons. The van der Waals surface area contributed by atoms with Crippen molar-refractivity contribution in [2.24, 2.45) is 0 Å². The summed E-state index contributed by atoms with van der Waals surface area (Å²) in [5.41, 5.74) is -0.284. The first kappa shape index (κ1) is 14.6. The molecule has 0 aliphatic rings. The Labute approximate surface area is 130 Å². The SMILES string of the molecule is O=c1ccc2ccc(OS(=O)(=O)c3cccc(Cl)c3)cc2o1. The minimum absolute atomic E-state index is 0.0434. The van der Waals surface area contributed by atoms with Gasteiger partial charge in [0, 0.05) is 22.5 Å². The maximum Gasteiger partial charge on any atom is 0.339 e. The summed E-state index contributed by atoms with van der Waals surface area (Å²) >= 11 is 5.78. The van der Waals surface area contributed by atoms with Crippen molar-refractivity contribution >= 4 is 32.7 Å². The molecule has 0 saturated heterocycles. The number of rotatable bonds is 3. The Morgan fingerprint density at radius 1 is 1.00 bits per heavy atom. The molecule has 0 bridgehead atoms. The summed E-state index contributed by atoms with van der Waals surface area (Å²) < 4.78 is 34.4. The smallest absolute Gasteiger partial charge is 0.339 e. The third-order valence-corrected chi connectivity index (χ3v) is 4.36. The summed E-state index contributed by atoms with van der Waals surface area (Å²) in [6.07, 6.45) is 0. The van der Waals surface area contributed by atoms with E-state index in [2.05, 4.69) is 0 Å². The molecule has 0 amide bonds. The van der Waals surface area contributed by atoms with E-state index in [1.807, 2.05) is 0 Å². The lowest BCUT2D eigenvalue weighted by molar-refractivity contribution is 0.485. The molecule has 0 aliphatic carbocycles. The minimum atomic E-state index is -4.02. The van der Waals surface area contributed by atoms with Gasteiger partial charge in [-0.25, -0.2) is 4.79 Å². The standard InChI is InChI=1S/C15H9ClO5S/c16-11-2-1-3-13(8-11)22(18,19)21-12-6-4-10-5-7-15(17)20-14(10)9-12/h1-9H. The molecule has 3 rings (SSSR count). The molecule has 1 heterocycles. The van der Waals surface area contributed by atoms with E-state index in [0.717, 1.165) is 0 Å². The quantitative estimate of drug-likeness (QED) is 0.542. The first-order valence-electron chi connectivity index (χ1n) is 6.18. The second kappa shape index (κ2) is 5.47. The van der Waals surface area contributed by atoms with Crippen LogP contribution in [0.4, 0.5) is 0 Å². The van der Waals surface area contributed by atoms with Gasteiger partial charge in [-0.1, -0.05) is 17.7 Å². The van der Waals surface area contributed by atoms with Crippen LogP contribution in [0.15, 0.2) is 68.7 Å². The van der Waals surface area contributed by atoms with Gasteiger partial charge in [-0.2, -0.15) is 8.42 Å². The van der Waals surface area contributed by atoms with Crippen LogP contribution in [0.5, 0.6) is 5.75 Å². The highest BCUT2D eigenvalue weighted by Crippen LogP contribution is 2.24. The van der Waals surface area contributed by atoms with E-state index >= 15 is 0 Å². The Morgan fingerprint density at radius 2 is 1.77 bits per heavy atom. The van der Waals surface area contributed by atoms with Gasteiger partial charge in [0.05, 0.1) is 0 Å². The zero-order valence-electron chi connectivity index (χ0n) is 11.0. The molecule has 0 unspecified atom stereocenters. The second-order valence-corrected chi connectivity index (χ2v) is 6.43. The van der Waals surface area contributed by atoms with Gasteiger partial charge in [0.15, 0.2) is 0 Å². The molecule has 1 aromatic heterocycles. The predicted molar refractivity (Wildman–Crippen MR) is 81.7 cm³/mol. The van der Waals surface area contributed by atoms with E-state index in [1.165, 1.54) is 36.4 Å². The number of fused-ring (bicyclic) bond motifs is 1. The average Bonchev–Trinajstić information content (AvgIpc) is 2.46. The van der Waals surface area contributed by atoms with Gasteiger partial charge in [0.2, 0.25) is 0 Å². The molecule has 0 spiro atoms. The minimum Gasteiger partial charge on any atom is -0.423 e. The molecule has 0 N–H and O–H groups in total. The summed E-state index contributed by atoms with van der Waals surface area (Å²) in [6.45, 7) is 0. The molecular formula is C15H9ClO5S. The highest BCUT2D eigenvalue weighted by atomic mass is 35.5. The first-order valence-corrected chi connectivity index (χ1v) is 7.97. The Hall–Kier alpha value is -2.31. The van der Waals surface area contributed by atoms with Gasteiger partial charge >= 0.3 is 15.7 Å². The van der Waals surface area contributed by atoms with Gasteiger partial charge < -0.3 is 8.60 Å². The molecular weight excluding hydrogens is 328 g/mol. The summed E-state index contributed by atoms with van der Waals surface area (Å²) in [5, 5.41) is 0.946. The van der Waals surface area contributed by atoms with Crippen molar-refractivity contribution in [3.8, 4) is 5.75 Å². The fraction of sp³-hybridized carbons (Fsp3) is 0. The topological polar surface area (TPSA) is 73.6 Å². The van der Waals surface area contributed by atoms with E-state index in [9.17, 15) is 13.2 Å². The largest absolute Gasteiger partial charge is 0.423 e. The zero-order valence-corrected chi connectivity index (χ0v) is 12.6. The first-order chi connectivity index (χ1) is 10.4. The lowest BCUT2D eigenvalue weighted by atomic mass is 10.2. The molecule has 0 saturated carbocycles. The van der Waals surface area contributed by atoms with Crippen LogP contribution in [-0.2, 0) is 10.1 Å². The molecule has 7 heteroatoms. The Morgan fingerprint density at radius 3 is 2.55 bits per heavy atom. The van der Waals surface area contributed by atoms with E-state index in [4.69, 9.17) is 20.2 Å². The summed E-state index contributed by atoms with van der Waals surface area (Å²) in [7, 11) is -4.02. The number of benzene rings is 2. The van der Waals surface area contributed by atoms with Crippen molar-refractivity contribution in [3.63, 3.8) is 0 Å². The number of hydrogen-bond donors (Lipinski definition) is 0. The van der Waals surface area contributed by atoms with E-state index in [-0.39, 0.29) is 21.3 Å². The molecule has 0 aliphatic heterocycles. The molecule has 22 heavy (non-hydrogen) atoms. The lowest BCUT2D eigenvalue weighted by Gasteiger charge is -2.07. The molecule has 0 atom stereocenters. The van der Waals surface area contributed by atoms with E-state index in [0.29, 0.717) is 5.39 Å². The van der Waals surface area contributed by atoms with E-state index in [1.54, 1.807) is 18.2 Å². The normalized spacial score (nSPS) is 11.5. The van der Waals surface area contributed by atoms with Crippen LogP contribution < -0.4 is 9.81 Å². The lowest BCUT2D eigenvalue weighted by Crippen LogP contribution is -2.09. The number of halogens is 1. The summed E-state index contributed by atoms with van der Waals surface area (Å²) in [6, 6.07) is 13.0. The number of hydrogen-bond acceptors (Lipinski definition) is 5. The third-order valence-electron chi connectivity index (χ3n) is 2.89. The molecule has 2 aromatic carbocycles. The van der Waals surface area contributed by atoms with Gasteiger partial charge in [-0.05, 0) is 36.4 Å². The maximum atomic E-state index is 12.2. The highest BCUT2D eigenvalue weighted by molar-refractivity contribution is 7.87. The van der Waals surface area contributed by atoms with Crippen molar-refractivity contribution in [2.75, 3.05) is 0 Å². The van der Waals surface area contributed by atoms with Crippen LogP contribution in [0.1, 0.15) is 0 Å². The Kier molecular flexibility index (Phi) is 3.64. The Bertz CT molecular complexity index is 1010. The van der Waals surface area contributed by atoms with Crippen molar-refractivity contribution in [1.29, 1.82) is 0 Å². The Balaban J connectivity index is 2.00. The predicted octanol–water partition coefficient (Wildman–Crippen LogP) is 3.21. The monoisotopic (exact) mass is 336 g/mol. The summed E-state index contributed by atoms with van der Waals surface area (Å²) in [5.74, 6) is 0.0434. The molecule has 3 aromatic rings. The van der Waals surface area contributed by atoms with Crippen LogP contribution >= 0.6 is 11.6 Å². The molecule has 0 fully saturated rings. The molecule has 5 nitrogen and oxygen atoms in total. The van der Waals surface area contributed by atoms with Crippen molar-refractivity contribution in [3.05, 3.63) is 70.0 Å². The van der Waals surface area contributed by atoms with Crippen LogP contribution in [0.25, 0.3) is 11.0 Å². The van der Waals surface area contributed by atoms with Crippen LogP contribution in [0.2, 0.25) is 5.02 Å². The van der Waals surface area contributed by atoms with Crippen LogP contribution in [0, 0.1) is 0 Å². The van der Waals surface area contributed by atoms with Crippen LogP contribution in [0.3, 0.4) is 0 Å². The fourth-order valence-electron chi connectivity index (χ4n) is 1.89. The third kappa shape index (κ3) is 2.98. The van der Waals surface area contributed by atoms with Gasteiger partial charge in [0.1, 0.15) is 16.2 Å². The average molecular weight is 337 g/mol. The fourth-order valence-corrected chi connectivity index (χ4v) is 3.11. The zero-order chi connectivity index (χ0) is 15.7. The highest BCUT2D eigenvalue weighted by Gasteiger charge is 2.17. The maximum absolute atomic E-state index is 12.2. The van der Waals surface area contributed by atoms with Crippen molar-refractivity contribution in [1.82, 2.24) is 0 Å². The van der Waals surface area contributed by atoms with Gasteiger partial charge in [0.25, 0.3) is 0 Å². The van der Waals surface area contributed by atoms with E-state index < -0.39 is 15.7 Å².